The van der Waals surface area contributed by atoms with Gasteiger partial charge in [-0.2, -0.15) is 4.98 Å². The Morgan fingerprint density at radius 2 is 1.75 bits per heavy atom. The number of hydrogen-bond donors (Lipinski definition) is 2. The Hall–Kier alpha value is -3.67. The number of aromatic nitrogens is 3. The van der Waals surface area contributed by atoms with Crippen molar-refractivity contribution in [2.45, 2.75) is 6.42 Å². The molecule has 6 heteroatoms. The molecule has 0 atom stereocenters. The fourth-order valence-electron chi connectivity index (χ4n) is 2.97. The quantitative estimate of drug-likeness (QED) is 0.501. The average molecular weight is 371 g/mol. The maximum Gasteiger partial charge on any atom is 0.224 e. The number of methoxy groups -OCH3 is 1. The van der Waals surface area contributed by atoms with E-state index >= 15 is 0 Å². The Bertz CT molecular complexity index is 1060. The number of nitrogens with one attached hydrogen (secondary N) is 2. The lowest BCUT2D eigenvalue weighted by atomic mass is 10.1. The molecule has 0 saturated carbocycles. The molecule has 0 saturated heterocycles. The van der Waals surface area contributed by atoms with Crippen LogP contribution in [0.25, 0.3) is 10.9 Å². The van der Waals surface area contributed by atoms with Crippen molar-refractivity contribution in [2.24, 2.45) is 0 Å². The Balaban J connectivity index is 1.41. The van der Waals surface area contributed by atoms with E-state index in [-0.39, 0.29) is 0 Å². The first-order chi connectivity index (χ1) is 13.8. The number of anilines is 3. The lowest BCUT2D eigenvalue weighted by Gasteiger charge is -2.10. The lowest BCUT2D eigenvalue weighted by molar-refractivity contribution is 0.414. The summed E-state index contributed by atoms with van der Waals surface area (Å²) in [5.74, 6) is 2.17. The summed E-state index contributed by atoms with van der Waals surface area (Å²) in [5.41, 5.74) is 3.06. The van der Waals surface area contributed by atoms with Gasteiger partial charge in [0, 0.05) is 24.3 Å². The van der Waals surface area contributed by atoms with Crippen molar-refractivity contribution in [3.63, 3.8) is 0 Å². The molecule has 6 nitrogen and oxygen atoms in total. The highest BCUT2D eigenvalue weighted by Crippen LogP contribution is 2.23. The first-order valence-electron chi connectivity index (χ1n) is 9.12. The standard InChI is InChI=1S/C22H21N5O/c1-28-18-9-7-16(8-10-18)11-14-24-22-25-15-12-20(27-22)26-19-6-2-4-17-5-3-13-23-21(17)19/h2-10,12-13,15H,11,14H2,1H3,(H2,24,25,26,27). The van der Waals surface area contributed by atoms with Gasteiger partial charge in [0.1, 0.15) is 11.6 Å². The number of fused-ring (bicyclic) bond motifs is 1. The van der Waals surface area contributed by atoms with Crippen molar-refractivity contribution < 1.29 is 4.74 Å². The van der Waals surface area contributed by atoms with Gasteiger partial charge in [-0.25, -0.2) is 4.98 Å². The topological polar surface area (TPSA) is 72.0 Å². The SMILES string of the molecule is COc1ccc(CCNc2nccc(Nc3cccc4cccnc34)n2)cc1. The van der Waals surface area contributed by atoms with Crippen LogP contribution in [-0.2, 0) is 6.42 Å². The summed E-state index contributed by atoms with van der Waals surface area (Å²) < 4.78 is 5.18. The molecule has 140 valence electrons. The molecule has 4 aromatic rings. The molecule has 4 rings (SSSR count). The second-order valence-electron chi connectivity index (χ2n) is 6.30. The summed E-state index contributed by atoms with van der Waals surface area (Å²) in [6.07, 6.45) is 4.40. The molecule has 0 amide bonds. The molecule has 0 spiro atoms. The summed E-state index contributed by atoms with van der Waals surface area (Å²) in [7, 11) is 1.67. The number of ether oxygens (including phenoxy) is 1. The molecule has 2 aromatic heterocycles. The summed E-state index contributed by atoms with van der Waals surface area (Å²) >= 11 is 0. The van der Waals surface area contributed by atoms with Crippen LogP contribution in [0.5, 0.6) is 5.75 Å². The van der Waals surface area contributed by atoms with Gasteiger partial charge in [-0.15, -0.1) is 0 Å². The second-order valence-corrected chi connectivity index (χ2v) is 6.30. The molecule has 0 aliphatic carbocycles. The van der Waals surface area contributed by atoms with Gasteiger partial charge in [0.15, 0.2) is 0 Å². The minimum absolute atomic E-state index is 0.590. The number of rotatable bonds is 7. The molecule has 0 unspecified atom stereocenters. The van der Waals surface area contributed by atoms with E-state index in [4.69, 9.17) is 4.74 Å². The highest BCUT2D eigenvalue weighted by atomic mass is 16.5. The maximum absolute atomic E-state index is 5.18. The monoisotopic (exact) mass is 371 g/mol. The number of pyridine rings is 1. The van der Waals surface area contributed by atoms with Crippen LogP contribution in [0.3, 0.4) is 0 Å². The van der Waals surface area contributed by atoms with E-state index in [9.17, 15) is 0 Å². The third-order valence-corrected chi connectivity index (χ3v) is 4.41. The molecule has 0 bridgehead atoms. The normalized spacial score (nSPS) is 10.6. The zero-order chi connectivity index (χ0) is 19.2. The van der Waals surface area contributed by atoms with Crippen molar-refractivity contribution in [3.8, 4) is 5.75 Å². The summed E-state index contributed by atoms with van der Waals surface area (Å²) in [5, 5.41) is 7.70. The van der Waals surface area contributed by atoms with E-state index in [0.717, 1.165) is 41.1 Å². The van der Waals surface area contributed by atoms with E-state index < -0.39 is 0 Å². The zero-order valence-corrected chi connectivity index (χ0v) is 15.6. The number of benzene rings is 2. The van der Waals surface area contributed by atoms with Crippen molar-refractivity contribution >= 4 is 28.4 Å². The Kier molecular flexibility index (Phi) is 5.29. The molecular formula is C22H21N5O. The van der Waals surface area contributed by atoms with E-state index in [1.807, 2.05) is 48.5 Å². The van der Waals surface area contributed by atoms with Crippen molar-refractivity contribution in [3.05, 3.63) is 78.6 Å². The Labute approximate surface area is 163 Å². The fraction of sp³-hybridized carbons (Fsp3) is 0.136. The first-order valence-corrected chi connectivity index (χ1v) is 9.12. The van der Waals surface area contributed by atoms with Crippen LogP contribution in [0.1, 0.15) is 5.56 Å². The average Bonchev–Trinajstić information content (AvgIpc) is 2.75. The van der Waals surface area contributed by atoms with Gasteiger partial charge in [-0.05, 0) is 42.3 Å². The summed E-state index contributed by atoms with van der Waals surface area (Å²) in [6.45, 7) is 0.742. The molecule has 28 heavy (non-hydrogen) atoms. The smallest absolute Gasteiger partial charge is 0.224 e. The van der Waals surface area contributed by atoms with Crippen LogP contribution in [0.15, 0.2) is 73.1 Å². The maximum atomic E-state index is 5.18. The Morgan fingerprint density at radius 1 is 0.893 bits per heavy atom. The molecule has 0 aliphatic rings. The lowest BCUT2D eigenvalue weighted by Crippen LogP contribution is -2.08. The fourth-order valence-corrected chi connectivity index (χ4v) is 2.97. The molecule has 2 heterocycles. The first kappa shape index (κ1) is 17.7. The van der Waals surface area contributed by atoms with Crippen molar-refractivity contribution in [1.29, 1.82) is 0 Å². The van der Waals surface area contributed by atoms with Crippen molar-refractivity contribution in [2.75, 3.05) is 24.3 Å². The highest BCUT2D eigenvalue weighted by molar-refractivity contribution is 5.91. The van der Waals surface area contributed by atoms with Gasteiger partial charge >= 0.3 is 0 Å². The largest absolute Gasteiger partial charge is 0.497 e. The van der Waals surface area contributed by atoms with Gasteiger partial charge in [-0.3, -0.25) is 4.98 Å². The van der Waals surface area contributed by atoms with Crippen LogP contribution < -0.4 is 15.4 Å². The van der Waals surface area contributed by atoms with Gasteiger partial charge in [0.2, 0.25) is 5.95 Å². The third-order valence-electron chi connectivity index (χ3n) is 4.41. The van der Waals surface area contributed by atoms with Crippen LogP contribution in [-0.4, -0.2) is 28.6 Å². The molecule has 2 aromatic carbocycles. The minimum atomic E-state index is 0.590. The van der Waals surface area contributed by atoms with E-state index in [1.54, 1.807) is 19.5 Å². The molecule has 0 fully saturated rings. The predicted octanol–water partition coefficient (Wildman–Crippen LogP) is 4.43. The highest BCUT2D eigenvalue weighted by Gasteiger charge is 2.04. The van der Waals surface area contributed by atoms with Gasteiger partial charge in [-0.1, -0.05) is 30.3 Å². The van der Waals surface area contributed by atoms with Crippen molar-refractivity contribution in [1.82, 2.24) is 15.0 Å². The van der Waals surface area contributed by atoms with Crippen LogP contribution in [0.2, 0.25) is 0 Å². The van der Waals surface area contributed by atoms with Gasteiger partial charge in [0.05, 0.1) is 18.3 Å². The van der Waals surface area contributed by atoms with Crippen LogP contribution in [0, 0.1) is 0 Å². The number of hydrogen-bond acceptors (Lipinski definition) is 6. The van der Waals surface area contributed by atoms with Gasteiger partial charge < -0.3 is 15.4 Å². The molecule has 0 aliphatic heterocycles. The molecule has 0 radical (unpaired) electrons. The molecule has 2 N–H and O–H groups in total. The third kappa shape index (κ3) is 4.17. The van der Waals surface area contributed by atoms with E-state index in [0.29, 0.717) is 5.95 Å². The Morgan fingerprint density at radius 3 is 2.61 bits per heavy atom. The van der Waals surface area contributed by atoms with Crippen LogP contribution >= 0.6 is 0 Å². The number of para-hydroxylation sites is 1. The van der Waals surface area contributed by atoms with E-state index in [1.165, 1.54) is 5.56 Å². The second kappa shape index (κ2) is 8.35. The predicted molar refractivity (Wildman–Crippen MR) is 112 cm³/mol. The summed E-state index contributed by atoms with van der Waals surface area (Å²) in [6, 6.07) is 19.9. The van der Waals surface area contributed by atoms with Gasteiger partial charge in [0.25, 0.3) is 0 Å². The molecular weight excluding hydrogens is 350 g/mol. The van der Waals surface area contributed by atoms with E-state index in [2.05, 4.69) is 37.7 Å². The zero-order valence-electron chi connectivity index (χ0n) is 15.6. The number of nitrogens with zero attached hydrogens (tertiary/aromatic N) is 3. The van der Waals surface area contributed by atoms with Crippen LogP contribution in [0.4, 0.5) is 17.5 Å². The minimum Gasteiger partial charge on any atom is -0.497 e. The summed E-state index contributed by atoms with van der Waals surface area (Å²) in [4.78, 5) is 13.3.